The molecule has 0 bridgehead atoms. The zero-order chi connectivity index (χ0) is 15.3. The quantitative estimate of drug-likeness (QED) is 0.679. The van der Waals surface area contributed by atoms with Crippen LogP contribution in [0.5, 0.6) is 0 Å². The average molecular weight is 302 g/mol. The molecule has 1 N–H and O–H groups in total. The van der Waals surface area contributed by atoms with Gasteiger partial charge in [-0.2, -0.15) is 0 Å². The Morgan fingerprint density at radius 2 is 2.45 bits per heavy atom. The van der Waals surface area contributed by atoms with E-state index >= 15 is 0 Å². The molecule has 2 saturated heterocycles. The smallest absolute Gasteiger partial charge is 0.193 e. The highest BCUT2D eigenvalue weighted by atomic mass is 16.5. The SMILES string of the molecule is CCNC(=NCCc1cccnc1)N1CCC2(CCOC2)C1. The summed E-state index contributed by atoms with van der Waals surface area (Å²) in [5.41, 5.74) is 1.61. The van der Waals surface area contributed by atoms with Crippen molar-refractivity contribution < 1.29 is 4.74 Å². The van der Waals surface area contributed by atoms with E-state index in [2.05, 4.69) is 28.2 Å². The molecule has 0 amide bonds. The molecule has 1 aromatic rings. The summed E-state index contributed by atoms with van der Waals surface area (Å²) in [7, 11) is 0. The highest BCUT2D eigenvalue weighted by molar-refractivity contribution is 5.80. The summed E-state index contributed by atoms with van der Waals surface area (Å²) in [6.45, 7) is 7.83. The van der Waals surface area contributed by atoms with Gasteiger partial charge in [-0.25, -0.2) is 0 Å². The fourth-order valence-electron chi connectivity index (χ4n) is 3.35. The maximum absolute atomic E-state index is 5.62. The summed E-state index contributed by atoms with van der Waals surface area (Å²) in [5.74, 6) is 1.05. The third-order valence-electron chi connectivity index (χ3n) is 4.64. The number of rotatable bonds is 4. The lowest BCUT2D eigenvalue weighted by Crippen LogP contribution is -2.41. The second kappa shape index (κ2) is 7.09. The van der Waals surface area contributed by atoms with Gasteiger partial charge in [-0.1, -0.05) is 6.07 Å². The summed E-state index contributed by atoms with van der Waals surface area (Å²) >= 11 is 0. The molecule has 120 valence electrons. The predicted molar refractivity (Wildman–Crippen MR) is 88.0 cm³/mol. The van der Waals surface area contributed by atoms with E-state index in [0.29, 0.717) is 5.41 Å². The number of nitrogens with zero attached hydrogens (tertiary/aromatic N) is 3. The van der Waals surface area contributed by atoms with Crippen LogP contribution in [0.15, 0.2) is 29.5 Å². The lowest BCUT2D eigenvalue weighted by atomic mass is 9.87. The molecule has 3 heterocycles. The third kappa shape index (κ3) is 3.58. The number of hydrogen-bond donors (Lipinski definition) is 1. The van der Waals surface area contributed by atoms with Crippen LogP contribution in [0.4, 0.5) is 0 Å². The average Bonchev–Trinajstić information content (AvgIpc) is 3.18. The Bertz CT molecular complexity index is 497. The first-order valence-corrected chi connectivity index (χ1v) is 8.31. The van der Waals surface area contributed by atoms with Gasteiger partial charge in [0.15, 0.2) is 5.96 Å². The maximum atomic E-state index is 5.62. The summed E-state index contributed by atoms with van der Waals surface area (Å²) in [4.78, 5) is 11.4. The van der Waals surface area contributed by atoms with Crippen molar-refractivity contribution >= 4 is 5.96 Å². The van der Waals surface area contributed by atoms with E-state index in [1.54, 1.807) is 0 Å². The molecular weight excluding hydrogens is 276 g/mol. The minimum absolute atomic E-state index is 0.375. The number of pyridine rings is 1. The van der Waals surface area contributed by atoms with Crippen molar-refractivity contribution in [2.45, 2.75) is 26.2 Å². The molecule has 3 rings (SSSR count). The normalized spacial score (nSPS) is 25.1. The van der Waals surface area contributed by atoms with Crippen molar-refractivity contribution in [2.75, 3.05) is 39.4 Å². The lowest BCUT2D eigenvalue weighted by Gasteiger charge is -2.25. The Hall–Kier alpha value is -1.62. The van der Waals surface area contributed by atoms with Crippen molar-refractivity contribution in [2.24, 2.45) is 10.4 Å². The number of likely N-dealkylation sites (tertiary alicyclic amines) is 1. The first-order valence-electron chi connectivity index (χ1n) is 8.31. The second-order valence-corrected chi connectivity index (χ2v) is 6.32. The zero-order valence-corrected chi connectivity index (χ0v) is 13.4. The molecule has 2 fully saturated rings. The molecular formula is C17H26N4O. The van der Waals surface area contributed by atoms with Gasteiger partial charge in [0.05, 0.1) is 6.61 Å². The number of aromatic nitrogens is 1. The number of nitrogens with one attached hydrogen (secondary N) is 1. The first-order chi connectivity index (χ1) is 10.8. The van der Waals surface area contributed by atoms with Gasteiger partial charge >= 0.3 is 0 Å². The van der Waals surface area contributed by atoms with Gasteiger partial charge in [0, 0.05) is 50.6 Å². The molecule has 1 spiro atoms. The number of guanidine groups is 1. The molecule has 2 aliphatic heterocycles. The molecule has 0 aliphatic carbocycles. The van der Waals surface area contributed by atoms with E-state index in [9.17, 15) is 0 Å². The second-order valence-electron chi connectivity index (χ2n) is 6.32. The summed E-state index contributed by atoms with van der Waals surface area (Å²) in [5, 5.41) is 3.44. The highest BCUT2D eigenvalue weighted by Crippen LogP contribution is 2.38. The van der Waals surface area contributed by atoms with Gasteiger partial charge in [0.2, 0.25) is 0 Å². The minimum Gasteiger partial charge on any atom is -0.381 e. The molecule has 5 heteroatoms. The molecule has 1 atom stereocenters. The number of ether oxygens (including phenoxy) is 1. The van der Waals surface area contributed by atoms with Crippen LogP contribution in [-0.4, -0.2) is 55.2 Å². The molecule has 0 aromatic carbocycles. The zero-order valence-electron chi connectivity index (χ0n) is 13.4. The maximum Gasteiger partial charge on any atom is 0.193 e. The number of hydrogen-bond acceptors (Lipinski definition) is 3. The predicted octanol–water partition coefficient (Wildman–Crippen LogP) is 1.70. The van der Waals surface area contributed by atoms with Gasteiger partial charge in [-0.15, -0.1) is 0 Å². The monoisotopic (exact) mass is 302 g/mol. The Morgan fingerprint density at radius 1 is 1.50 bits per heavy atom. The van der Waals surface area contributed by atoms with Crippen molar-refractivity contribution in [3.63, 3.8) is 0 Å². The Kier molecular flexibility index (Phi) is 4.93. The summed E-state index contributed by atoms with van der Waals surface area (Å²) in [6.07, 6.45) is 7.08. The molecule has 5 nitrogen and oxygen atoms in total. The van der Waals surface area contributed by atoms with Crippen LogP contribution in [0.2, 0.25) is 0 Å². The van der Waals surface area contributed by atoms with Gasteiger partial charge in [-0.05, 0) is 37.8 Å². The van der Waals surface area contributed by atoms with Gasteiger partial charge in [0.25, 0.3) is 0 Å². The van der Waals surface area contributed by atoms with Crippen LogP contribution in [0.3, 0.4) is 0 Å². The molecule has 0 saturated carbocycles. The van der Waals surface area contributed by atoms with E-state index in [0.717, 1.165) is 51.8 Å². The number of aliphatic imine (C=N–C) groups is 1. The molecule has 1 aromatic heterocycles. The van der Waals surface area contributed by atoms with Crippen LogP contribution in [-0.2, 0) is 11.2 Å². The van der Waals surface area contributed by atoms with E-state index in [1.165, 1.54) is 18.4 Å². The standard InChI is InChI=1S/C17H26N4O/c1-2-19-16(20-9-5-15-4-3-8-18-12-15)21-10-6-17(13-21)7-11-22-14-17/h3-4,8,12H,2,5-7,9-11,13-14H2,1H3,(H,19,20). The Balaban J connectivity index is 1.58. The van der Waals surface area contributed by atoms with Gasteiger partial charge < -0.3 is 15.0 Å². The Morgan fingerprint density at radius 3 is 3.18 bits per heavy atom. The van der Waals surface area contributed by atoms with Crippen molar-refractivity contribution in [3.05, 3.63) is 30.1 Å². The van der Waals surface area contributed by atoms with Crippen molar-refractivity contribution in [3.8, 4) is 0 Å². The van der Waals surface area contributed by atoms with Crippen molar-refractivity contribution in [1.29, 1.82) is 0 Å². The molecule has 22 heavy (non-hydrogen) atoms. The van der Waals surface area contributed by atoms with Crippen LogP contribution in [0.25, 0.3) is 0 Å². The molecule has 2 aliphatic rings. The fourth-order valence-corrected chi connectivity index (χ4v) is 3.35. The van der Waals surface area contributed by atoms with Crippen LogP contribution in [0, 0.1) is 5.41 Å². The molecule has 1 unspecified atom stereocenters. The summed E-state index contributed by atoms with van der Waals surface area (Å²) < 4.78 is 5.62. The van der Waals surface area contributed by atoms with E-state index in [-0.39, 0.29) is 0 Å². The Labute approximate surface area is 132 Å². The first kappa shape index (κ1) is 15.3. The van der Waals surface area contributed by atoms with Crippen LogP contribution >= 0.6 is 0 Å². The van der Waals surface area contributed by atoms with Gasteiger partial charge in [-0.3, -0.25) is 9.98 Å². The fraction of sp³-hybridized carbons (Fsp3) is 0.647. The lowest BCUT2D eigenvalue weighted by molar-refractivity contribution is 0.156. The van der Waals surface area contributed by atoms with Crippen LogP contribution < -0.4 is 5.32 Å². The largest absolute Gasteiger partial charge is 0.381 e. The minimum atomic E-state index is 0.375. The topological polar surface area (TPSA) is 49.8 Å². The van der Waals surface area contributed by atoms with Crippen LogP contribution in [0.1, 0.15) is 25.3 Å². The van der Waals surface area contributed by atoms with E-state index in [4.69, 9.17) is 9.73 Å². The van der Waals surface area contributed by atoms with E-state index < -0.39 is 0 Å². The summed E-state index contributed by atoms with van der Waals surface area (Å²) in [6, 6.07) is 4.09. The van der Waals surface area contributed by atoms with E-state index in [1.807, 2.05) is 18.5 Å². The third-order valence-corrected chi connectivity index (χ3v) is 4.64. The highest BCUT2D eigenvalue weighted by Gasteiger charge is 2.42. The molecule has 0 radical (unpaired) electrons. The van der Waals surface area contributed by atoms with Gasteiger partial charge in [0.1, 0.15) is 0 Å². The van der Waals surface area contributed by atoms with Crippen molar-refractivity contribution in [1.82, 2.24) is 15.2 Å².